The van der Waals surface area contributed by atoms with Crippen LogP contribution in [0.15, 0.2) is 42.0 Å². The zero-order chi connectivity index (χ0) is 16.7. The van der Waals surface area contributed by atoms with Gasteiger partial charge in [0.25, 0.3) is 0 Å². The van der Waals surface area contributed by atoms with Crippen molar-refractivity contribution >= 4 is 40.4 Å². The minimum atomic E-state index is -0.201. The van der Waals surface area contributed by atoms with Crippen molar-refractivity contribution in [2.24, 2.45) is 0 Å². The average molecular weight is 348 g/mol. The van der Waals surface area contributed by atoms with Gasteiger partial charge in [-0.1, -0.05) is 23.2 Å². The van der Waals surface area contributed by atoms with E-state index in [2.05, 4.69) is 0 Å². The fraction of sp³-hybridized carbons (Fsp3) is 0.167. The van der Waals surface area contributed by atoms with Crippen molar-refractivity contribution in [2.75, 3.05) is 18.5 Å². The Morgan fingerprint density at radius 2 is 1.83 bits per heavy atom. The van der Waals surface area contributed by atoms with Gasteiger partial charge in [-0.3, -0.25) is 4.79 Å². The van der Waals surface area contributed by atoms with E-state index in [0.29, 0.717) is 33.3 Å². The topological polar surface area (TPSA) is 40.5 Å². The van der Waals surface area contributed by atoms with Gasteiger partial charge >= 0.3 is 0 Å². The van der Waals surface area contributed by atoms with Crippen LogP contribution < -0.4 is 4.90 Å². The number of anilines is 1. The summed E-state index contributed by atoms with van der Waals surface area (Å²) in [5, 5.41) is 11.3. The number of hydrogen-bond acceptors (Lipinski definition) is 3. The summed E-state index contributed by atoms with van der Waals surface area (Å²) < 4.78 is 0. The molecule has 1 heterocycles. The molecule has 0 radical (unpaired) electrons. The molecule has 0 aliphatic carbocycles. The van der Waals surface area contributed by atoms with Gasteiger partial charge in [0.05, 0.1) is 5.02 Å². The third-order valence-corrected chi connectivity index (χ3v) is 4.55. The van der Waals surface area contributed by atoms with Crippen LogP contribution in [0.3, 0.4) is 0 Å². The number of carbonyl (C=O) groups is 1. The normalized spacial score (nSPS) is 14.0. The summed E-state index contributed by atoms with van der Waals surface area (Å²) in [5.41, 5.74) is 3.15. The van der Waals surface area contributed by atoms with Crippen LogP contribution in [0.5, 0.6) is 0 Å². The lowest BCUT2D eigenvalue weighted by Crippen LogP contribution is -2.25. The van der Waals surface area contributed by atoms with Gasteiger partial charge in [0.15, 0.2) is 5.78 Å². The summed E-state index contributed by atoms with van der Waals surface area (Å²) in [6.45, 7) is 2.49. The van der Waals surface area contributed by atoms with Crippen molar-refractivity contribution in [2.45, 2.75) is 6.92 Å². The maximum Gasteiger partial charge on any atom is 0.194 e. The Morgan fingerprint density at radius 1 is 1.17 bits per heavy atom. The predicted octanol–water partition coefficient (Wildman–Crippen LogP) is 4.96. The number of ketones is 1. The number of aliphatic hydroxyl groups is 1. The van der Waals surface area contributed by atoms with Crippen molar-refractivity contribution in [3.63, 3.8) is 0 Å². The molecule has 1 aliphatic rings. The van der Waals surface area contributed by atoms with Gasteiger partial charge in [-0.05, 0) is 48.9 Å². The van der Waals surface area contributed by atoms with Gasteiger partial charge in [-0.15, -0.1) is 0 Å². The highest BCUT2D eigenvalue weighted by Gasteiger charge is 2.24. The maximum atomic E-state index is 12.7. The molecular weight excluding hydrogens is 333 g/mol. The predicted molar refractivity (Wildman–Crippen MR) is 94.8 cm³/mol. The van der Waals surface area contributed by atoms with Crippen LogP contribution in [0.4, 0.5) is 5.69 Å². The molecule has 118 valence electrons. The molecule has 0 bridgehead atoms. The summed E-state index contributed by atoms with van der Waals surface area (Å²) in [7, 11) is 1.92. The Morgan fingerprint density at radius 3 is 2.48 bits per heavy atom. The third-order valence-electron chi connectivity index (χ3n) is 3.98. The molecule has 0 saturated heterocycles. The standard InChI is InChI=1S/C18H15Cl2NO2/c1-10-9-21(2)16-8-15(20)13(7-14(16)17(10)22)18(23)11-3-5-12(19)6-4-11/h3-8,22H,9H2,1-2H3. The van der Waals surface area contributed by atoms with Crippen molar-refractivity contribution in [1.82, 2.24) is 0 Å². The fourth-order valence-electron chi connectivity index (χ4n) is 2.74. The number of nitrogens with zero attached hydrogens (tertiary/aromatic N) is 1. The summed E-state index contributed by atoms with van der Waals surface area (Å²) in [6, 6.07) is 10.0. The first-order valence-electron chi connectivity index (χ1n) is 7.12. The number of aliphatic hydroxyl groups excluding tert-OH is 1. The molecule has 0 unspecified atom stereocenters. The van der Waals surface area contributed by atoms with Crippen molar-refractivity contribution in [1.29, 1.82) is 0 Å². The lowest BCUT2D eigenvalue weighted by atomic mass is 9.95. The number of hydrogen-bond donors (Lipinski definition) is 1. The summed E-state index contributed by atoms with van der Waals surface area (Å²) >= 11 is 12.2. The Kier molecular flexibility index (Phi) is 4.09. The van der Waals surface area contributed by atoms with Gasteiger partial charge in [-0.25, -0.2) is 0 Å². The van der Waals surface area contributed by atoms with E-state index in [1.54, 1.807) is 36.4 Å². The van der Waals surface area contributed by atoms with E-state index >= 15 is 0 Å². The summed E-state index contributed by atoms with van der Waals surface area (Å²) in [6.07, 6.45) is 0. The number of likely N-dealkylation sites (N-methyl/N-ethyl adjacent to an activating group) is 1. The minimum absolute atomic E-state index is 0.201. The van der Waals surface area contributed by atoms with Crippen molar-refractivity contribution in [3.8, 4) is 0 Å². The van der Waals surface area contributed by atoms with E-state index in [0.717, 1.165) is 11.3 Å². The Labute approximate surface area is 144 Å². The van der Waals surface area contributed by atoms with Crippen molar-refractivity contribution in [3.05, 3.63) is 68.7 Å². The lowest BCUT2D eigenvalue weighted by Gasteiger charge is -2.29. The minimum Gasteiger partial charge on any atom is -0.507 e. The summed E-state index contributed by atoms with van der Waals surface area (Å²) in [4.78, 5) is 14.7. The van der Waals surface area contributed by atoms with Crippen LogP contribution in [-0.4, -0.2) is 24.5 Å². The highest BCUT2D eigenvalue weighted by Crippen LogP contribution is 2.37. The largest absolute Gasteiger partial charge is 0.507 e. The van der Waals surface area contributed by atoms with Gasteiger partial charge in [-0.2, -0.15) is 0 Å². The molecule has 23 heavy (non-hydrogen) atoms. The Hall–Kier alpha value is -1.97. The second-order valence-corrected chi connectivity index (χ2v) is 6.51. The monoisotopic (exact) mass is 347 g/mol. The third kappa shape index (κ3) is 2.82. The van der Waals surface area contributed by atoms with Crippen LogP contribution in [0.25, 0.3) is 5.76 Å². The molecule has 1 aliphatic heterocycles. The van der Waals surface area contributed by atoms with Crippen LogP contribution >= 0.6 is 23.2 Å². The molecule has 0 aromatic heterocycles. The number of benzene rings is 2. The second kappa shape index (κ2) is 5.91. The van der Waals surface area contributed by atoms with E-state index in [1.165, 1.54) is 0 Å². The molecule has 1 N–H and O–H groups in total. The average Bonchev–Trinajstić information content (AvgIpc) is 2.52. The van der Waals surface area contributed by atoms with E-state index in [4.69, 9.17) is 23.2 Å². The summed E-state index contributed by atoms with van der Waals surface area (Å²) in [5.74, 6) is 0.00747. The van der Waals surface area contributed by atoms with Gasteiger partial charge in [0.1, 0.15) is 5.76 Å². The maximum absolute atomic E-state index is 12.7. The highest BCUT2D eigenvalue weighted by molar-refractivity contribution is 6.35. The van der Waals surface area contributed by atoms with Crippen LogP contribution in [0.1, 0.15) is 28.4 Å². The second-order valence-electron chi connectivity index (χ2n) is 5.67. The van der Waals surface area contributed by atoms with Crippen molar-refractivity contribution < 1.29 is 9.90 Å². The van der Waals surface area contributed by atoms with E-state index in [9.17, 15) is 9.90 Å². The van der Waals surface area contributed by atoms with Gasteiger partial charge in [0.2, 0.25) is 0 Å². The molecule has 0 amide bonds. The number of carbonyl (C=O) groups excluding carboxylic acids is 1. The molecule has 0 saturated carbocycles. The molecule has 5 heteroatoms. The molecule has 0 spiro atoms. The highest BCUT2D eigenvalue weighted by atomic mass is 35.5. The van der Waals surface area contributed by atoms with Gasteiger partial charge in [0, 0.05) is 41.0 Å². The number of rotatable bonds is 2. The van der Waals surface area contributed by atoms with Crippen LogP contribution in [0, 0.1) is 0 Å². The molecule has 2 aromatic carbocycles. The first-order chi connectivity index (χ1) is 10.9. The smallest absolute Gasteiger partial charge is 0.194 e. The first kappa shape index (κ1) is 15.9. The quantitative estimate of drug-likeness (QED) is 0.780. The van der Waals surface area contributed by atoms with Crippen LogP contribution in [0.2, 0.25) is 10.0 Å². The first-order valence-corrected chi connectivity index (χ1v) is 7.88. The molecule has 2 aromatic rings. The van der Waals surface area contributed by atoms with E-state index in [-0.39, 0.29) is 11.5 Å². The Bertz CT molecular complexity index is 826. The fourth-order valence-corrected chi connectivity index (χ4v) is 3.11. The molecule has 3 rings (SSSR count). The molecule has 3 nitrogen and oxygen atoms in total. The molecule has 0 atom stereocenters. The van der Waals surface area contributed by atoms with E-state index < -0.39 is 0 Å². The van der Waals surface area contributed by atoms with Gasteiger partial charge < -0.3 is 10.0 Å². The molecule has 0 fully saturated rings. The van der Waals surface area contributed by atoms with E-state index in [1.807, 2.05) is 18.9 Å². The molecular formula is C18H15Cl2NO2. The SMILES string of the molecule is CC1=C(O)c2cc(C(=O)c3ccc(Cl)cc3)c(Cl)cc2N(C)C1. The zero-order valence-corrected chi connectivity index (χ0v) is 14.2. The number of fused-ring (bicyclic) bond motifs is 1. The van der Waals surface area contributed by atoms with Crippen LogP contribution in [-0.2, 0) is 0 Å². The lowest BCUT2D eigenvalue weighted by molar-refractivity contribution is 0.103. The number of halogens is 2. The Balaban J connectivity index is 2.12. The zero-order valence-electron chi connectivity index (χ0n) is 12.7.